The zero-order valence-electron chi connectivity index (χ0n) is 7.77. The van der Waals surface area contributed by atoms with Gasteiger partial charge in [0.1, 0.15) is 5.60 Å². The van der Waals surface area contributed by atoms with Gasteiger partial charge < -0.3 is 9.47 Å². The van der Waals surface area contributed by atoms with Crippen LogP contribution in [0, 0.1) is 0 Å². The summed E-state index contributed by atoms with van der Waals surface area (Å²) in [6.45, 7) is 5.33. The molecule has 13 heavy (non-hydrogen) atoms. The second-order valence-corrected chi connectivity index (χ2v) is 4.95. The summed E-state index contributed by atoms with van der Waals surface area (Å²) in [5, 5.41) is 0. The van der Waals surface area contributed by atoms with Gasteiger partial charge in [-0.1, -0.05) is 0 Å². The molecule has 0 aromatic rings. The predicted octanol–water partition coefficient (Wildman–Crippen LogP) is 2.04. The van der Waals surface area contributed by atoms with E-state index in [1.807, 2.05) is 0 Å². The van der Waals surface area contributed by atoms with Gasteiger partial charge in [0.15, 0.2) is 6.61 Å². The molecule has 0 N–H and O–H groups in total. The maximum atomic E-state index is 11.4. The molecule has 0 spiro atoms. The summed E-state index contributed by atoms with van der Waals surface area (Å²) in [4.78, 5) is 10.5. The van der Waals surface area contributed by atoms with E-state index in [-0.39, 0.29) is 6.61 Å². The standard InChI is InChI=1S/C7H12O5P/c1-7(2,3)12-13(9)5-4-10-6(8)11-5/h5H,4H2,1-3H3/q+1. The van der Waals surface area contributed by atoms with Gasteiger partial charge in [-0.2, -0.15) is 0 Å². The van der Waals surface area contributed by atoms with Gasteiger partial charge in [-0.15, -0.1) is 4.52 Å². The van der Waals surface area contributed by atoms with Crippen molar-refractivity contribution in [2.24, 2.45) is 0 Å². The van der Waals surface area contributed by atoms with Crippen LogP contribution in [0.1, 0.15) is 20.8 Å². The molecule has 0 radical (unpaired) electrons. The van der Waals surface area contributed by atoms with Gasteiger partial charge in [-0.25, -0.2) is 4.79 Å². The van der Waals surface area contributed by atoms with Crippen molar-refractivity contribution in [2.45, 2.75) is 32.2 Å². The third kappa shape index (κ3) is 3.28. The first-order chi connectivity index (χ1) is 5.88. The summed E-state index contributed by atoms with van der Waals surface area (Å²) >= 11 is 0. The number of ether oxygens (including phenoxy) is 2. The first-order valence-electron chi connectivity index (χ1n) is 3.87. The third-order valence-electron chi connectivity index (χ3n) is 1.17. The van der Waals surface area contributed by atoms with Crippen LogP contribution < -0.4 is 0 Å². The van der Waals surface area contributed by atoms with Gasteiger partial charge in [0, 0.05) is 0 Å². The van der Waals surface area contributed by atoms with Crippen LogP contribution in [0.2, 0.25) is 0 Å². The predicted molar refractivity (Wildman–Crippen MR) is 44.7 cm³/mol. The number of carbonyl (C=O) groups is 1. The van der Waals surface area contributed by atoms with E-state index in [4.69, 9.17) is 4.52 Å². The number of rotatable bonds is 2. The van der Waals surface area contributed by atoms with E-state index < -0.39 is 25.6 Å². The van der Waals surface area contributed by atoms with E-state index in [0.717, 1.165) is 0 Å². The summed E-state index contributed by atoms with van der Waals surface area (Å²) in [5.41, 5.74) is -0.511. The summed E-state index contributed by atoms with van der Waals surface area (Å²) in [6.07, 6.45) is -0.786. The second-order valence-electron chi connectivity index (χ2n) is 3.62. The van der Waals surface area contributed by atoms with Crippen LogP contribution in [0.25, 0.3) is 0 Å². The highest BCUT2D eigenvalue weighted by Gasteiger charge is 2.45. The monoisotopic (exact) mass is 207 g/mol. The lowest BCUT2D eigenvalue weighted by Crippen LogP contribution is -2.18. The third-order valence-corrected chi connectivity index (χ3v) is 2.63. The fourth-order valence-electron chi connectivity index (χ4n) is 0.751. The molecule has 74 valence electrons. The minimum atomic E-state index is -2.01. The molecule has 1 aliphatic rings. The highest BCUT2D eigenvalue weighted by Crippen LogP contribution is 2.37. The van der Waals surface area contributed by atoms with Crippen molar-refractivity contribution in [2.75, 3.05) is 6.61 Å². The molecule has 0 amide bonds. The van der Waals surface area contributed by atoms with E-state index in [9.17, 15) is 9.36 Å². The number of cyclic esters (lactones) is 2. The first-order valence-corrected chi connectivity index (χ1v) is 5.12. The van der Waals surface area contributed by atoms with Crippen molar-refractivity contribution < 1.29 is 23.4 Å². The summed E-state index contributed by atoms with van der Waals surface area (Å²) in [5.74, 6) is -0.762. The van der Waals surface area contributed by atoms with Crippen LogP contribution in [0.15, 0.2) is 0 Å². The van der Waals surface area contributed by atoms with Crippen LogP contribution >= 0.6 is 8.03 Å². The zero-order chi connectivity index (χ0) is 10.1. The van der Waals surface area contributed by atoms with Crippen molar-refractivity contribution in [3.05, 3.63) is 0 Å². The van der Waals surface area contributed by atoms with Crippen molar-refractivity contribution in [1.29, 1.82) is 0 Å². The van der Waals surface area contributed by atoms with Gasteiger partial charge in [-0.3, -0.25) is 0 Å². The van der Waals surface area contributed by atoms with E-state index in [1.54, 1.807) is 20.8 Å². The zero-order valence-corrected chi connectivity index (χ0v) is 8.67. The van der Waals surface area contributed by atoms with E-state index in [0.29, 0.717) is 0 Å². The maximum Gasteiger partial charge on any atom is 0.558 e. The maximum absolute atomic E-state index is 11.4. The number of carbonyl (C=O) groups excluding carboxylic acids is 1. The van der Waals surface area contributed by atoms with Crippen molar-refractivity contribution >= 4 is 14.2 Å². The molecular weight excluding hydrogens is 195 g/mol. The fourth-order valence-corrected chi connectivity index (χ4v) is 1.78. The van der Waals surface area contributed by atoms with Gasteiger partial charge >= 0.3 is 20.0 Å². The second kappa shape index (κ2) is 3.60. The molecule has 0 aliphatic carbocycles. The van der Waals surface area contributed by atoms with Gasteiger partial charge in [0.2, 0.25) is 0 Å². The molecule has 1 rings (SSSR count). The number of hydrogen-bond acceptors (Lipinski definition) is 5. The molecule has 6 heteroatoms. The lowest BCUT2D eigenvalue weighted by Gasteiger charge is -2.09. The molecule has 1 saturated heterocycles. The number of hydrogen-bond donors (Lipinski definition) is 0. The molecular formula is C7H12O5P+. The molecule has 2 atom stereocenters. The molecule has 1 fully saturated rings. The molecule has 2 unspecified atom stereocenters. The molecule has 0 aromatic carbocycles. The van der Waals surface area contributed by atoms with E-state index >= 15 is 0 Å². The Labute approximate surface area is 77.2 Å². The fraction of sp³-hybridized carbons (Fsp3) is 0.857. The highest BCUT2D eigenvalue weighted by atomic mass is 31.1. The summed E-state index contributed by atoms with van der Waals surface area (Å²) in [7, 11) is -2.01. The Morgan fingerprint density at radius 2 is 2.15 bits per heavy atom. The smallest absolute Gasteiger partial charge is 0.425 e. The minimum absolute atomic E-state index is 0.00408. The topological polar surface area (TPSA) is 61.8 Å². The summed E-state index contributed by atoms with van der Waals surface area (Å²) in [6, 6.07) is 0. The van der Waals surface area contributed by atoms with Gasteiger partial charge in [-0.05, 0) is 25.3 Å². The van der Waals surface area contributed by atoms with Gasteiger partial charge in [0.05, 0.1) is 0 Å². The average Bonchev–Trinajstić information content (AvgIpc) is 2.31. The van der Waals surface area contributed by atoms with Crippen LogP contribution in [0.5, 0.6) is 0 Å². The van der Waals surface area contributed by atoms with Crippen LogP contribution in [0.3, 0.4) is 0 Å². The Hall–Kier alpha value is -0.670. The van der Waals surface area contributed by atoms with Crippen LogP contribution in [-0.2, 0) is 18.6 Å². The Morgan fingerprint density at radius 1 is 1.54 bits per heavy atom. The van der Waals surface area contributed by atoms with Crippen LogP contribution in [-0.4, -0.2) is 24.2 Å². The van der Waals surface area contributed by atoms with Crippen molar-refractivity contribution in [3.63, 3.8) is 0 Å². The first kappa shape index (κ1) is 10.4. The average molecular weight is 207 g/mol. The highest BCUT2D eigenvalue weighted by molar-refractivity contribution is 7.39. The molecule has 1 aliphatic heterocycles. The van der Waals surface area contributed by atoms with Crippen molar-refractivity contribution in [3.8, 4) is 0 Å². The van der Waals surface area contributed by atoms with Crippen LogP contribution in [0.4, 0.5) is 4.79 Å². The molecule has 0 aromatic heterocycles. The Kier molecular flexibility index (Phi) is 2.88. The lowest BCUT2D eigenvalue weighted by atomic mass is 10.2. The normalized spacial score (nSPS) is 23.8. The summed E-state index contributed by atoms with van der Waals surface area (Å²) < 4.78 is 25.6. The van der Waals surface area contributed by atoms with E-state index in [2.05, 4.69) is 9.47 Å². The molecule has 1 heterocycles. The molecule has 5 nitrogen and oxygen atoms in total. The van der Waals surface area contributed by atoms with E-state index in [1.165, 1.54) is 0 Å². The molecule has 0 bridgehead atoms. The SMILES string of the molecule is CC(C)(C)O[P+](=O)C1COC(=O)O1. The van der Waals surface area contributed by atoms with Gasteiger partial charge in [0.25, 0.3) is 0 Å². The Bertz CT molecular complexity index is 232. The quantitative estimate of drug-likeness (QED) is 0.512. The Morgan fingerprint density at radius 3 is 2.54 bits per heavy atom. The molecule has 0 saturated carbocycles. The lowest BCUT2D eigenvalue weighted by molar-refractivity contribution is 0.113. The Balaban J connectivity index is 2.45. The van der Waals surface area contributed by atoms with Crippen molar-refractivity contribution in [1.82, 2.24) is 0 Å². The largest absolute Gasteiger partial charge is 0.558 e. The minimum Gasteiger partial charge on any atom is -0.425 e.